The van der Waals surface area contributed by atoms with Crippen LogP contribution in [0, 0.1) is 0 Å². The van der Waals surface area contributed by atoms with Crippen LogP contribution in [0.2, 0.25) is 0 Å². The molecule has 1 aliphatic heterocycles. The largest absolute Gasteiger partial charge is 0.361 e. The lowest BCUT2D eigenvalue weighted by Gasteiger charge is -2.14. The lowest BCUT2D eigenvalue weighted by molar-refractivity contribution is -0.130. The molecule has 1 atom stereocenters. The van der Waals surface area contributed by atoms with Crippen LogP contribution in [0.3, 0.4) is 0 Å². The number of benzene rings is 2. The van der Waals surface area contributed by atoms with Gasteiger partial charge in [-0.05, 0) is 29.8 Å². The standard InChI is InChI=1S/C22H23N5O5S/c1-26(2)33(31,32)16-7-5-6-15(11-16)24-20(28)13-27-21(29)19(25-22(27)30)10-14-12-23-18-9-4-3-8-17(14)18/h3-9,11-12,19,23H,10,13H2,1-2H3,(H,24,28)(H,25,30)/t19-/m0/s1. The molecule has 0 saturated carbocycles. The molecule has 3 aromatic rings. The van der Waals surface area contributed by atoms with Crippen LogP contribution in [0.25, 0.3) is 10.9 Å². The van der Waals surface area contributed by atoms with E-state index in [-0.39, 0.29) is 17.0 Å². The first-order valence-corrected chi connectivity index (χ1v) is 11.6. The SMILES string of the molecule is CN(C)S(=O)(=O)c1cccc(NC(=O)CN2C(=O)N[C@@H](Cc3c[nH]c4ccccc34)C2=O)c1. The average Bonchev–Trinajstić information content (AvgIpc) is 3.30. The van der Waals surface area contributed by atoms with Gasteiger partial charge in [-0.2, -0.15) is 0 Å². The highest BCUT2D eigenvalue weighted by Crippen LogP contribution is 2.22. The van der Waals surface area contributed by atoms with Gasteiger partial charge < -0.3 is 15.6 Å². The summed E-state index contributed by atoms with van der Waals surface area (Å²) in [4.78, 5) is 41.7. The summed E-state index contributed by atoms with van der Waals surface area (Å²) in [6.45, 7) is -0.486. The summed E-state index contributed by atoms with van der Waals surface area (Å²) in [6.07, 6.45) is 2.09. The summed E-state index contributed by atoms with van der Waals surface area (Å²) < 4.78 is 25.6. The fourth-order valence-electron chi connectivity index (χ4n) is 3.67. The Balaban J connectivity index is 1.42. The molecule has 10 nitrogen and oxygen atoms in total. The fourth-order valence-corrected chi connectivity index (χ4v) is 4.62. The minimum atomic E-state index is -3.67. The molecule has 1 saturated heterocycles. The number of hydrogen-bond donors (Lipinski definition) is 3. The molecular weight excluding hydrogens is 446 g/mol. The molecule has 0 spiro atoms. The number of aromatic amines is 1. The van der Waals surface area contributed by atoms with Crippen LogP contribution in [0.5, 0.6) is 0 Å². The highest BCUT2D eigenvalue weighted by atomic mass is 32.2. The Morgan fingerprint density at radius 3 is 2.64 bits per heavy atom. The molecule has 1 aliphatic rings. The smallest absolute Gasteiger partial charge is 0.325 e. The Labute approximate surface area is 190 Å². The minimum absolute atomic E-state index is 0.0130. The van der Waals surface area contributed by atoms with E-state index >= 15 is 0 Å². The first kappa shape index (κ1) is 22.5. The van der Waals surface area contributed by atoms with Gasteiger partial charge in [0.15, 0.2) is 0 Å². The van der Waals surface area contributed by atoms with E-state index in [9.17, 15) is 22.8 Å². The summed E-state index contributed by atoms with van der Waals surface area (Å²) >= 11 is 0. The van der Waals surface area contributed by atoms with E-state index in [1.54, 1.807) is 6.20 Å². The predicted molar refractivity (Wildman–Crippen MR) is 122 cm³/mol. The van der Waals surface area contributed by atoms with Gasteiger partial charge in [-0.15, -0.1) is 0 Å². The third-order valence-electron chi connectivity index (χ3n) is 5.40. The number of hydrogen-bond acceptors (Lipinski definition) is 5. The number of rotatable bonds is 7. The van der Waals surface area contributed by atoms with E-state index < -0.39 is 40.5 Å². The first-order chi connectivity index (χ1) is 15.7. The molecule has 0 radical (unpaired) electrons. The zero-order chi connectivity index (χ0) is 23.8. The molecule has 4 amide bonds. The number of nitrogens with zero attached hydrogens (tertiary/aromatic N) is 2. The maximum atomic E-state index is 12.8. The third-order valence-corrected chi connectivity index (χ3v) is 7.22. The highest BCUT2D eigenvalue weighted by molar-refractivity contribution is 7.89. The van der Waals surface area contributed by atoms with Crippen LogP contribution in [-0.4, -0.2) is 67.1 Å². The Hall–Kier alpha value is -3.70. The second kappa shape index (κ2) is 8.68. The number of anilines is 1. The van der Waals surface area contributed by atoms with Crippen molar-refractivity contribution in [3.63, 3.8) is 0 Å². The molecule has 2 aromatic carbocycles. The molecule has 2 heterocycles. The van der Waals surface area contributed by atoms with Crippen molar-refractivity contribution in [1.29, 1.82) is 0 Å². The van der Waals surface area contributed by atoms with Gasteiger partial charge in [0.05, 0.1) is 4.90 Å². The van der Waals surface area contributed by atoms with Crippen molar-refractivity contribution in [1.82, 2.24) is 19.5 Å². The van der Waals surface area contributed by atoms with Crippen LogP contribution in [0.4, 0.5) is 10.5 Å². The van der Waals surface area contributed by atoms with Crippen LogP contribution in [-0.2, 0) is 26.0 Å². The molecule has 4 rings (SSSR count). The molecule has 0 bridgehead atoms. The molecule has 0 aliphatic carbocycles. The highest BCUT2D eigenvalue weighted by Gasteiger charge is 2.39. The molecular formula is C22H23N5O5S. The molecule has 1 aromatic heterocycles. The fraction of sp³-hybridized carbons (Fsp3) is 0.227. The van der Waals surface area contributed by atoms with Gasteiger partial charge in [0.2, 0.25) is 15.9 Å². The summed E-state index contributed by atoms with van der Waals surface area (Å²) in [6, 6.07) is 12.0. The molecule has 172 valence electrons. The summed E-state index contributed by atoms with van der Waals surface area (Å²) in [5, 5.41) is 6.13. The number of fused-ring (bicyclic) bond motifs is 1. The number of para-hydroxylation sites is 1. The van der Waals surface area contributed by atoms with E-state index in [1.807, 2.05) is 24.3 Å². The number of aromatic nitrogens is 1. The average molecular weight is 470 g/mol. The second-order valence-electron chi connectivity index (χ2n) is 7.85. The number of carbonyl (C=O) groups excluding carboxylic acids is 3. The monoisotopic (exact) mass is 469 g/mol. The van der Waals surface area contributed by atoms with Crippen molar-refractivity contribution < 1.29 is 22.8 Å². The normalized spacial score (nSPS) is 16.5. The molecule has 1 fully saturated rings. The van der Waals surface area contributed by atoms with Gasteiger partial charge in [0, 0.05) is 43.3 Å². The van der Waals surface area contributed by atoms with Gasteiger partial charge in [-0.1, -0.05) is 24.3 Å². The van der Waals surface area contributed by atoms with Crippen LogP contribution in [0.1, 0.15) is 5.56 Å². The van der Waals surface area contributed by atoms with Crippen molar-refractivity contribution in [2.45, 2.75) is 17.4 Å². The number of urea groups is 1. The van der Waals surface area contributed by atoms with Gasteiger partial charge in [0.25, 0.3) is 5.91 Å². The number of sulfonamides is 1. The van der Waals surface area contributed by atoms with Crippen LogP contribution >= 0.6 is 0 Å². The quantitative estimate of drug-likeness (QED) is 0.452. The van der Waals surface area contributed by atoms with Gasteiger partial charge >= 0.3 is 6.03 Å². The molecule has 0 unspecified atom stereocenters. The second-order valence-corrected chi connectivity index (χ2v) is 10.0. The number of carbonyl (C=O) groups is 3. The zero-order valence-electron chi connectivity index (χ0n) is 18.0. The Morgan fingerprint density at radius 1 is 1.12 bits per heavy atom. The predicted octanol–water partition coefficient (Wildman–Crippen LogP) is 1.52. The maximum Gasteiger partial charge on any atom is 0.325 e. The topological polar surface area (TPSA) is 132 Å². The molecule has 11 heteroatoms. The van der Waals surface area contributed by atoms with Crippen molar-refractivity contribution in [2.24, 2.45) is 0 Å². The van der Waals surface area contributed by atoms with Crippen LogP contribution in [0.15, 0.2) is 59.6 Å². The van der Waals surface area contributed by atoms with Crippen LogP contribution < -0.4 is 10.6 Å². The molecule has 33 heavy (non-hydrogen) atoms. The zero-order valence-corrected chi connectivity index (χ0v) is 18.8. The summed E-state index contributed by atoms with van der Waals surface area (Å²) in [5.74, 6) is -1.12. The lowest BCUT2D eigenvalue weighted by Crippen LogP contribution is -2.38. The number of H-pyrrole nitrogens is 1. The number of nitrogens with one attached hydrogen (secondary N) is 3. The summed E-state index contributed by atoms with van der Waals surface area (Å²) in [5.41, 5.74) is 2.05. The number of amides is 4. The Morgan fingerprint density at radius 2 is 1.88 bits per heavy atom. The van der Waals surface area contributed by atoms with E-state index in [0.717, 1.165) is 25.7 Å². The third kappa shape index (κ3) is 4.45. The Bertz CT molecular complexity index is 1350. The van der Waals surface area contributed by atoms with Crippen molar-refractivity contribution >= 4 is 44.5 Å². The van der Waals surface area contributed by atoms with Crippen molar-refractivity contribution in [3.8, 4) is 0 Å². The Kier molecular flexibility index (Phi) is 5.91. The summed E-state index contributed by atoms with van der Waals surface area (Å²) in [7, 11) is -0.857. The van der Waals surface area contributed by atoms with Gasteiger partial charge in [-0.25, -0.2) is 17.5 Å². The van der Waals surface area contributed by atoms with Gasteiger partial charge in [-0.3, -0.25) is 14.5 Å². The first-order valence-electron chi connectivity index (χ1n) is 10.2. The molecule has 3 N–H and O–H groups in total. The number of imide groups is 1. The van der Waals surface area contributed by atoms with E-state index in [1.165, 1.54) is 38.4 Å². The maximum absolute atomic E-state index is 12.8. The van der Waals surface area contributed by atoms with Crippen molar-refractivity contribution in [3.05, 3.63) is 60.3 Å². The van der Waals surface area contributed by atoms with E-state index in [4.69, 9.17) is 0 Å². The van der Waals surface area contributed by atoms with Gasteiger partial charge in [0.1, 0.15) is 12.6 Å². The van der Waals surface area contributed by atoms with Crippen molar-refractivity contribution in [2.75, 3.05) is 26.0 Å². The van der Waals surface area contributed by atoms with E-state index in [0.29, 0.717) is 0 Å². The lowest BCUT2D eigenvalue weighted by atomic mass is 10.1. The minimum Gasteiger partial charge on any atom is -0.361 e. The van der Waals surface area contributed by atoms with E-state index in [2.05, 4.69) is 15.6 Å².